The number of amides is 1. The summed E-state index contributed by atoms with van der Waals surface area (Å²) in [6.45, 7) is 0. The lowest BCUT2D eigenvalue weighted by atomic mass is 10.2. The number of nitrogens with one attached hydrogen (secondary N) is 1. The summed E-state index contributed by atoms with van der Waals surface area (Å²) in [5, 5.41) is 3.43. The van der Waals surface area contributed by atoms with E-state index in [0.29, 0.717) is 22.5 Å². The second-order valence-corrected chi connectivity index (χ2v) is 4.93. The van der Waals surface area contributed by atoms with Gasteiger partial charge < -0.3 is 32.6 Å². The van der Waals surface area contributed by atoms with Gasteiger partial charge in [-0.1, -0.05) is 6.07 Å². The van der Waals surface area contributed by atoms with Gasteiger partial charge in [0.05, 0.1) is 12.7 Å². The fourth-order valence-corrected chi connectivity index (χ4v) is 2.21. The Morgan fingerprint density at radius 2 is 1.92 bits per heavy atom. The molecule has 7 heteroatoms. The van der Waals surface area contributed by atoms with Crippen LogP contribution in [0.1, 0.15) is 20.9 Å². The SMILES string of the molecule is COC(=O)c1cccc(NC(=O)c2cc3cc(N)ccc3o2)c1.[Cl-]. The van der Waals surface area contributed by atoms with Crippen LogP contribution in [-0.4, -0.2) is 19.0 Å². The van der Waals surface area contributed by atoms with Crippen LogP contribution in [0.25, 0.3) is 11.0 Å². The highest BCUT2D eigenvalue weighted by Crippen LogP contribution is 2.22. The molecular formula is C17H14ClN2O4-. The van der Waals surface area contributed by atoms with Gasteiger partial charge in [0.2, 0.25) is 0 Å². The molecule has 0 fully saturated rings. The van der Waals surface area contributed by atoms with Crippen molar-refractivity contribution < 1.29 is 31.2 Å². The molecule has 3 N–H and O–H groups in total. The summed E-state index contributed by atoms with van der Waals surface area (Å²) >= 11 is 0. The predicted molar refractivity (Wildman–Crippen MR) is 86.4 cm³/mol. The van der Waals surface area contributed by atoms with E-state index in [1.807, 2.05) is 0 Å². The molecule has 124 valence electrons. The monoisotopic (exact) mass is 345 g/mol. The number of rotatable bonds is 3. The Kier molecular flexibility index (Phi) is 5.11. The summed E-state index contributed by atoms with van der Waals surface area (Å²) in [6, 6.07) is 13.2. The molecule has 3 rings (SSSR count). The summed E-state index contributed by atoms with van der Waals surface area (Å²) in [5.41, 5.74) is 7.69. The van der Waals surface area contributed by atoms with E-state index in [9.17, 15) is 9.59 Å². The molecule has 2 aromatic carbocycles. The number of anilines is 2. The van der Waals surface area contributed by atoms with E-state index >= 15 is 0 Å². The van der Waals surface area contributed by atoms with E-state index in [0.717, 1.165) is 5.39 Å². The van der Waals surface area contributed by atoms with Crippen LogP contribution in [0.15, 0.2) is 52.9 Å². The van der Waals surface area contributed by atoms with Gasteiger partial charge in [-0.25, -0.2) is 4.79 Å². The van der Waals surface area contributed by atoms with Crippen molar-refractivity contribution in [2.24, 2.45) is 0 Å². The Morgan fingerprint density at radius 1 is 1.12 bits per heavy atom. The van der Waals surface area contributed by atoms with Crippen LogP contribution in [0, 0.1) is 0 Å². The van der Waals surface area contributed by atoms with Gasteiger partial charge in [0.15, 0.2) is 5.76 Å². The lowest BCUT2D eigenvalue weighted by Crippen LogP contribution is -3.00. The van der Waals surface area contributed by atoms with Gasteiger partial charge in [0.1, 0.15) is 5.58 Å². The predicted octanol–water partition coefficient (Wildman–Crippen LogP) is 0.0579. The maximum Gasteiger partial charge on any atom is 0.337 e. The second-order valence-electron chi connectivity index (χ2n) is 4.93. The van der Waals surface area contributed by atoms with Gasteiger partial charge >= 0.3 is 5.97 Å². The van der Waals surface area contributed by atoms with Crippen LogP contribution in [0.3, 0.4) is 0 Å². The summed E-state index contributed by atoms with van der Waals surface area (Å²) in [5.74, 6) is -0.726. The number of furan rings is 1. The Labute approximate surface area is 144 Å². The number of benzene rings is 2. The van der Waals surface area contributed by atoms with Crippen LogP contribution in [0.2, 0.25) is 0 Å². The average molecular weight is 346 g/mol. The number of hydrogen-bond donors (Lipinski definition) is 2. The highest BCUT2D eigenvalue weighted by atomic mass is 35.5. The number of nitrogens with two attached hydrogens (primary N) is 1. The molecule has 6 nitrogen and oxygen atoms in total. The molecule has 1 heterocycles. The molecule has 0 unspecified atom stereocenters. The number of ether oxygens (including phenoxy) is 1. The third kappa shape index (κ3) is 3.49. The second kappa shape index (κ2) is 7.06. The number of nitrogen functional groups attached to an aromatic ring is 1. The zero-order valence-corrected chi connectivity index (χ0v) is 13.5. The first kappa shape index (κ1) is 17.4. The number of halogens is 1. The molecular weight excluding hydrogens is 332 g/mol. The first-order valence-corrected chi connectivity index (χ1v) is 6.85. The normalized spacial score (nSPS) is 10.0. The standard InChI is InChI=1S/C17H14N2O4.ClH/c1-22-17(21)10-3-2-4-13(8-10)19-16(20)15-9-11-7-12(18)5-6-14(11)23-15;/h2-9H,18H2,1H3,(H,19,20);1H/p-1. The molecule has 0 saturated heterocycles. The number of fused-ring (bicyclic) bond motifs is 1. The number of esters is 1. The zero-order valence-electron chi connectivity index (χ0n) is 12.7. The molecule has 3 aromatic rings. The number of hydrogen-bond acceptors (Lipinski definition) is 5. The minimum atomic E-state index is -0.472. The quantitative estimate of drug-likeness (QED) is 0.517. The minimum Gasteiger partial charge on any atom is -1.00 e. The summed E-state index contributed by atoms with van der Waals surface area (Å²) in [7, 11) is 1.30. The fourth-order valence-electron chi connectivity index (χ4n) is 2.21. The summed E-state index contributed by atoms with van der Waals surface area (Å²) < 4.78 is 10.1. The zero-order chi connectivity index (χ0) is 16.4. The van der Waals surface area contributed by atoms with Crippen molar-refractivity contribution in [3.05, 3.63) is 59.9 Å². The van der Waals surface area contributed by atoms with Gasteiger partial charge in [0, 0.05) is 16.8 Å². The lowest BCUT2D eigenvalue weighted by molar-refractivity contribution is -0.0000265. The molecule has 1 aromatic heterocycles. The first-order valence-electron chi connectivity index (χ1n) is 6.85. The largest absolute Gasteiger partial charge is 1.00 e. The van der Waals surface area contributed by atoms with E-state index in [4.69, 9.17) is 10.2 Å². The Morgan fingerprint density at radius 3 is 2.67 bits per heavy atom. The maximum atomic E-state index is 12.3. The van der Waals surface area contributed by atoms with Crippen molar-refractivity contribution in [3.8, 4) is 0 Å². The lowest BCUT2D eigenvalue weighted by Gasteiger charge is -2.05. The van der Waals surface area contributed by atoms with Crippen LogP contribution >= 0.6 is 0 Å². The maximum absolute atomic E-state index is 12.3. The number of methoxy groups -OCH3 is 1. The average Bonchev–Trinajstić information content (AvgIpc) is 2.97. The summed E-state index contributed by atoms with van der Waals surface area (Å²) in [6.07, 6.45) is 0. The molecule has 0 atom stereocenters. The smallest absolute Gasteiger partial charge is 0.337 e. The van der Waals surface area contributed by atoms with Crippen molar-refractivity contribution in [2.75, 3.05) is 18.2 Å². The van der Waals surface area contributed by atoms with Crippen LogP contribution in [0.5, 0.6) is 0 Å². The van der Waals surface area contributed by atoms with Gasteiger partial charge in [0.25, 0.3) is 5.91 Å². The first-order chi connectivity index (χ1) is 11.1. The highest BCUT2D eigenvalue weighted by molar-refractivity contribution is 6.05. The molecule has 0 aliphatic heterocycles. The third-order valence-electron chi connectivity index (χ3n) is 3.31. The van der Waals surface area contributed by atoms with Gasteiger partial charge in [-0.3, -0.25) is 4.79 Å². The van der Waals surface area contributed by atoms with Crippen molar-refractivity contribution in [2.45, 2.75) is 0 Å². The van der Waals surface area contributed by atoms with Crippen molar-refractivity contribution in [1.29, 1.82) is 0 Å². The Hall–Kier alpha value is -2.99. The Balaban J connectivity index is 0.00000208. The van der Waals surface area contributed by atoms with E-state index < -0.39 is 11.9 Å². The molecule has 1 amide bonds. The van der Waals surface area contributed by atoms with Crippen LogP contribution in [-0.2, 0) is 4.74 Å². The highest BCUT2D eigenvalue weighted by Gasteiger charge is 2.14. The molecule has 0 radical (unpaired) electrons. The van der Waals surface area contributed by atoms with Crippen molar-refractivity contribution >= 4 is 34.2 Å². The molecule has 0 spiro atoms. The summed E-state index contributed by atoms with van der Waals surface area (Å²) in [4.78, 5) is 23.8. The van der Waals surface area contributed by atoms with Crippen LogP contribution < -0.4 is 23.5 Å². The van der Waals surface area contributed by atoms with E-state index in [-0.39, 0.29) is 18.2 Å². The van der Waals surface area contributed by atoms with Crippen molar-refractivity contribution in [3.63, 3.8) is 0 Å². The molecule has 0 saturated carbocycles. The van der Waals surface area contributed by atoms with Crippen LogP contribution in [0.4, 0.5) is 11.4 Å². The number of carbonyl (C=O) groups excluding carboxylic acids is 2. The molecule has 0 bridgehead atoms. The van der Waals surface area contributed by atoms with E-state index in [1.54, 1.807) is 42.5 Å². The van der Waals surface area contributed by atoms with Gasteiger partial charge in [-0.15, -0.1) is 0 Å². The molecule has 0 aliphatic carbocycles. The van der Waals surface area contributed by atoms with E-state index in [1.165, 1.54) is 13.2 Å². The third-order valence-corrected chi connectivity index (χ3v) is 3.31. The van der Waals surface area contributed by atoms with Crippen molar-refractivity contribution in [1.82, 2.24) is 0 Å². The van der Waals surface area contributed by atoms with E-state index in [2.05, 4.69) is 10.1 Å². The molecule has 24 heavy (non-hydrogen) atoms. The fraction of sp³-hybridized carbons (Fsp3) is 0.0588. The minimum absolute atomic E-state index is 0. The number of carbonyl (C=O) groups is 2. The Bertz CT molecular complexity index is 904. The van der Waals surface area contributed by atoms with Gasteiger partial charge in [-0.05, 0) is 42.5 Å². The topological polar surface area (TPSA) is 94.6 Å². The molecule has 0 aliphatic rings. The van der Waals surface area contributed by atoms with Gasteiger partial charge in [-0.2, -0.15) is 0 Å².